The Morgan fingerprint density at radius 2 is 1.64 bits per heavy atom. The summed E-state index contributed by atoms with van der Waals surface area (Å²) < 4.78 is 0. The Balaban J connectivity index is 1.43. The van der Waals surface area contributed by atoms with E-state index in [0.717, 1.165) is 21.8 Å². The van der Waals surface area contributed by atoms with Crippen LogP contribution in [0, 0.1) is 10.1 Å². The molecule has 3 aromatic carbocycles. The molecule has 36 heavy (non-hydrogen) atoms. The van der Waals surface area contributed by atoms with Gasteiger partial charge in [-0.2, -0.15) is 0 Å². The number of nitrogens with one attached hydrogen (secondary N) is 1. The standard InChI is InChI=1S/C26H18N4O5S/c31-23(28-26-27-21(15-36-26)17-9-6-10-18(14-17)30(34)35)22(13-16-7-2-1-3-8-16)29-24(32)19-11-4-5-12-20(19)25(29)33/h1-12,14-15,22H,13H2,(H,27,28,31)/t22-/m0/s1. The molecular weight excluding hydrogens is 480 g/mol. The maximum absolute atomic E-state index is 13.5. The number of imide groups is 1. The lowest BCUT2D eigenvalue weighted by Gasteiger charge is -2.25. The van der Waals surface area contributed by atoms with Crippen molar-refractivity contribution < 1.29 is 19.3 Å². The fourth-order valence-electron chi connectivity index (χ4n) is 4.06. The van der Waals surface area contributed by atoms with Crippen molar-refractivity contribution in [2.75, 3.05) is 5.32 Å². The number of nitro benzene ring substituents is 1. The summed E-state index contributed by atoms with van der Waals surface area (Å²) in [6.45, 7) is 0. The number of carbonyl (C=O) groups is 3. The number of amides is 3. The number of rotatable bonds is 7. The van der Waals surface area contributed by atoms with Crippen molar-refractivity contribution >= 4 is 39.9 Å². The van der Waals surface area contributed by atoms with Gasteiger partial charge in [-0.15, -0.1) is 11.3 Å². The fraction of sp³-hybridized carbons (Fsp3) is 0.0769. The molecule has 9 nitrogen and oxygen atoms in total. The first-order valence-corrected chi connectivity index (χ1v) is 11.8. The Bertz CT molecular complexity index is 1470. The van der Waals surface area contributed by atoms with Gasteiger partial charge in [0.15, 0.2) is 5.13 Å². The quantitative estimate of drug-likeness (QED) is 0.226. The minimum Gasteiger partial charge on any atom is -0.300 e. The summed E-state index contributed by atoms with van der Waals surface area (Å²) in [7, 11) is 0. The molecule has 1 aliphatic heterocycles. The van der Waals surface area contributed by atoms with Gasteiger partial charge >= 0.3 is 0 Å². The predicted molar refractivity (Wildman–Crippen MR) is 134 cm³/mol. The van der Waals surface area contributed by atoms with Gasteiger partial charge in [0.1, 0.15) is 6.04 Å². The number of thiazole rings is 1. The van der Waals surface area contributed by atoms with Crippen molar-refractivity contribution in [1.82, 2.24) is 9.88 Å². The van der Waals surface area contributed by atoms with Crippen LogP contribution < -0.4 is 5.32 Å². The lowest BCUT2D eigenvalue weighted by atomic mass is 10.0. The topological polar surface area (TPSA) is 123 Å². The van der Waals surface area contributed by atoms with Crippen LogP contribution in [-0.4, -0.2) is 38.6 Å². The van der Waals surface area contributed by atoms with Crippen molar-refractivity contribution in [3.63, 3.8) is 0 Å². The van der Waals surface area contributed by atoms with Crippen molar-refractivity contribution in [1.29, 1.82) is 0 Å². The highest BCUT2D eigenvalue weighted by atomic mass is 32.1. The predicted octanol–water partition coefficient (Wildman–Crippen LogP) is 4.56. The minimum absolute atomic E-state index is 0.0698. The van der Waals surface area contributed by atoms with Crippen LogP contribution in [0.25, 0.3) is 11.3 Å². The molecule has 5 rings (SSSR count). The molecule has 2 heterocycles. The second-order valence-corrected chi connectivity index (χ2v) is 8.92. The van der Waals surface area contributed by atoms with Gasteiger partial charge in [0.2, 0.25) is 5.91 Å². The lowest BCUT2D eigenvalue weighted by molar-refractivity contribution is -0.384. The van der Waals surface area contributed by atoms with E-state index in [2.05, 4.69) is 10.3 Å². The third kappa shape index (κ3) is 4.37. The monoisotopic (exact) mass is 498 g/mol. The second kappa shape index (κ2) is 9.51. The molecule has 0 fully saturated rings. The first-order chi connectivity index (χ1) is 17.4. The van der Waals surface area contributed by atoms with Gasteiger partial charge in [0, 0.05) is 29.5 Å². The number of fused-ring (bicyclic) bond motifs is 1. The highest BCUT2D eigenvalue weighted by Crippen LogP contribution is 2.29. The minimum atomic E-state index is -1.11. The average Bonchev–Trinajstić information content (AvgIpc) is 3.46. The van der Waals surface area contributed by atoms with E-state index < -0.39 is 28.7 Å². The SMILES string of the molecule is O=C(Nc1nc(-c2cccc([N+](=O)[O-])c2)cs1)[C@H](Cc1ccccc1)N1C(=O)c2ccccc2C1=O. The molecule has 1 aliphatic rings. The molecule has 4 aromatic rings. The van der Waals surface area contributed by atoms with Gasteiger partial charge in [-0.3, -0.25) is 29.4 Å². The molecule has 0 saturated heterocycles. The molecule has 0 saturated carbocycles. The first-order valence-electron chi connectivity index (χ1n) is 10.9. The van der Waals surface area contributed by atoms with Crippen molar-refractivity contribution in [2.45, 2.75) is 12.5 Å². The van der Waals surface area contributed by atoms with E-state index in [-0.39, 0.29) is 28.4 Å². The fourth-order valence-corrected chi connectivity index (χ4v) is 4.78. The number of carbonyl (C=O) groups excluding carboxylic acids is 3. The summed E-state index contributed by atoms with van der Waals surface area (Å²) >= 11 is 1.14. The summed E-state index contributed by atoms with van der Waals surface area (Å²) in [6.07, 6.45) is 0.126. The van der Waals surface area contributed by atoms with E-state index in [1.807, 2.05) is 30.3 Å². The number of nitro groups is 1. The van der Waals surface area contributed by atoms with Crippen LogP contribution in [0.2, 0.25) is 0 Å². The van der Waals surface area contributed by atoms with Crippen molar-refractivity contribution in [3.8, 4) is 11.3 Å². The normalized spacial score (nSPS) is 13.4. The zero-order valence-corrected chi connectivity index (χ0v) is 19.5. The molecule has 1 N–H and O–H groups in total. The van der Waals surface area contributed by atoms with Crippen molar-refractivity contribution in [3.05, 3.63) is 111 Å². The van der Waals surface area contributed by atoms with Crippen LogP contribution in [0.3, 0.4) is 0 Å². The molecule has 0 bridgehead atoms. The maximum Gasteiger partial charge on any atom is 0.270 e. The third-order valence-electron chi connectivity index (χ3n) is 5.80. The summed E-state index contributed by atoms with van der Waals surface area (Å²) in [6, 6.07) is 20.5. The Labute approximate surface area is 209 Å². The van der Waals surface area contributed by atoms with Crippen molar-refractivity contribution in [2.24, 2.45) is 0 Å². The van der Waals surface area contributed by atoms with Gasteiger partial charge in [0.05, 0.1) is 21.7 Å². The molecule has 0 unspecified atom stereocenters. The van der Waals surface area contributed by atoms with E-state index in [9.17, 15) is 24.5 Å². The number of hydrogen-bond acceptors (Lipinski definition) is 7. The molecule has 3 amide bonds. The number of benzene rings is 3. The highest BCUT2D eigenvalue weighted by Gasteiger charge is 2.42. The van der Waals surface area contributed by atoms with E-state index in [1.165, 1.54) is 12.1 Å². The highest BCUT2D eigenvalue weighted by molar-refractivity contribution is 7.14. The number of non-ortho nitro benzene ring substituents is 1. The summed E-state index contributed by atoms with van der Waals surface area (Å²) in [5, 5.41) is 15.7. The molecule has 1 atom stereocenters. The first kappa shape index (κ1) is 23.1. The smallest absolute Gasteiger partial charge is 0.270 e. The molecule has 10 heteroatoms. The van der Waals surface area contributed by atoms with Crippen LogP contribution in [0.1, 0.15) is 26.3 Å². The zero-order chi connectivity index (χ0) is 25.2. The maximum atomic E-state index is 13.5. The van der Waals surface area contributed by atoms with Gasteiger partial charge in [-0.05, 0) is 17.7 Å². The van der Waals surface area contributed by atoms with E-state index in [1.54, 1.807) is 41.8 Å². The summed E-state index contributed by atoms with van der Waals surface area (Å²) in [4.78, 5) is 55.7. The third-order valence-corrected chi connectivity index (χ3v) is 6.56. The van der Waals surface area contributed by atoms with Crippen LogP contribution in [0.5, 0.6) is 0 Å². The molecule has 0 spiro atoms. The number of hydrogen-bond donors (Lipinski definition) is 1. The van der Waals surface area contributed by atoms with Crippen LogP contribution >= 0.6 is 11.3 Å². The van der Waals surface area contributed by atoms with E-state index in [0.29, 0.717) is 11.3 Å². The molecule has 0 aliphatic carbocycles. The average molecular weight is 499 g/mol. The number of aromatic nitrogens is 1. The van der Waals surface area contributed by atoms with Gasteiger partial charge in [0.25, 0.3) is 17.5 Å². The zero-order valence-electron chi connectivity index (χ0n) is 18.7. The summed E-state index contributed by atoms with van der Waals surface area (Å²) in [5.41, 5.74) is 2.22. The molecule has 178 valence electrons. The van der Waals surface area contributed by atoms with Gasteiger partial charge in [-0.25, -0.2) is 4.98 Å². The van der Waals surface area contributed by atoms with E-state index in [4.69, 9.17) is 0 Å². The Morgan fingerprint density at radius 1 is 0.972 bits per heavy atom. The Hall–Kier alpha value is -4.70. The molecule has 1 aromatic heterocycles. The number of anilines is 1. The number of nitrogens with zero attached hydrogens (tertiary/aromatic N) is 3. The molecule has 0 radical (unpaired) electrons. The van der Waals surface area contributed by atoms with Gasteiger partial charge in [-0.1, -0.05) is 54.6 Å². The van der Waals surface area contributed by atoms with Gasteiger partial charge < -0.3 is 5.32 Å². The Kier molecular flexibility index (Phi) is 6.09. The summed E-state index contributed by atoms with van der Waals surface area (Å²) in [5.74, 6) is -1.61. The molecular formula is C26H18N4O5S. The second-order valence-electron chi connectivity index (χ2n) is 8.07. The van der Waals surface area contributed by atoms with Crippen LogP contribution in [-0.2, 0) is 11.2 Å². The van der Waals surface area contributed by atoms with E-state index >= 15 is 0 Å². The lowest BCUT2D eigenvalue weighted by Crippen LogP contribution is -2.48. The largest absolute Gasteiger partial charge is 0.300 e. The van der Waals surface area contributed by atoms with Crippen LogP contribution in [0.15, 0.2) is 84.2 Å². The van der Waals surface area contributed by atoms with Crippen LogP contribution in [0.4, 0.5) is 10.8 Å². The Morgan fingerprint density at radius 3 is 2.31 bits per heavy atom.